The molecule has 0 spiro atoms. The van der Waals surface area contributed by atoms with E-state index >= 15 is 0 Å². The van der Waals surface area contributed by atoms with Crippen molar-refractivity contribution in [2.24, 2.45) is 0 Å². The molecule has 0 bridgehead atoms. The number of hydrogen-bond acceptors (Lipinski definition) is 4. The predicted molar refractivity (Wildman–Crippen MR) is 60.1 cm³/mol. The van der Waals surface area contributed by atoms with E-state index in [1.54, 1.807) is 6.08 Å². The summed E-state index contributed by atoms with van der Waals surface area (Å²) in [5.41, 5.74) is 6.71. The normalized spacial score (nSPS) is 12.1. The number of aliphatic hydroxyl groups excluding tert-OH is 1. The summed E-state index contributed by atoms with van der Waals surface area (Å²) in [4.78, 5) is 0.217. The highest BCUT2D eigenvalue weighted by Crippen LogP contribution is 2.19. The van der Waals surface area contributed by atoms with Crippen LogP contribution in [0, 0.1) is 0 Å². The Labute approximate surface area is 89.0 Å². The van der Waals surface area contributed by atoms with Gasteiger partial charge in [0, 0.05) is 11.9 Å². The molecular formula is C10H13NO3S. The van der Waals surface area contributed by atoms with Gasteiger partial charge in [0.15, 0.2) is 9.84 Å². The van der Waals surface area contributed by atoms with Crippen molar-refractivity contribution in [2.45, 2.75) is 4.90 Å². The van der Waals surface area contributed by atoms with Gasteiger partial charge in [-0.25, -0.2) is 8.42 Å². The topological polar surface area (TPSA) is 80.4 Å². The highest BCUT2D eigenvalue weighted by atomic mass is 32.2. The van der Waals surface area contributed by atoms with E-state index in [9.17, 15) is 8.42 Å². The van der Waals surface area contributed by atoms with E-state index in [0.29, 0.717) is 11.3 Å². The van der Waals surface area contributed by atoms with Gasteiger partial charge in [-0.15, -0.1) is 0 Å². The van der Waals surface area contributed by atoms with E-state index in [2.05, 4.69) is 0 Å². The second-order valence-electron chi connectivity index (χ2n) is 3.15. The third-order valence-corrected chi connectivity index (χ3v) is 3.00. The molecular weight excluding hydrogens is 214 g/mol. The van der Waals surface area contributed by atoms with Crippen molar-refractivity contribution in [2.75, 3.05) is 18.6 Å². The lowest BCUT2D eigenvalue weighted by Gasteiger charge is -2.03. The number of benzene rings is 1. The first-order chi connectivity index (χ1) is 6.95. The fourth-order valence-electron chi connectivity index (χ4n) is 1.11. The summed E-state index contributed by atoms with van der Waals surface area (Å²) >= 11 is 0. The largest absolute Gasteiger partial charge is 0.398 e. The average Bonchev–Trinajstić information content (AvgIpc) is 2.15. The summed E-state index contributed by atoms with van der Waals surface area (Å²) in [6, 6.07) is 4.48. The molecule has 0 saturated heterocycles. The van der Waals surface area contributed by atoms with Crippen LogP contribution in [0.5, 0.6) is 0 Å². The van der Waals surface area contributed by atoms with Crippen LogP contribution in [-0.4, -0.2) is 26.4 Å². The molecule has 0 aliphatic heterocycles. The van der Waals surface area contributed by atoms with Gasteiger partial charge in [-0.05, 0) is 23.8 Å². The standard InChI is InChI=1S/C10H13NO3S/c1-15(13,14)9-4-5-10(11)8(7-9)3-2-6-12/h2-5,7,12H,6,11H2,1H3/b3-2-. The Morgan fingerprint density at radius 3 is 2.67 bits per heavy atom. The van der Waals surface area contributed by atoms with Gasteiger partial charge in [0.1, 0.15) is 0 Å². The van der Waals surface area contributed by atoms with Crippen LogP contribution in [0.2, 0.25) is 0 Å². The summed E-state index contributed by atoms with van der Waals surface area (Å²) in [5.74, 6) is 0. The van der Waals surface area contributed by atoms with Crippen LogP contribution in [0.15, 0.2) is 29.2 Å². The molecule has 0 heterocycles. The quantitative estimate of drug-likeness (QED) is 0.744. The third kappa shape index (κ3) is 3.07. The van der Waals surface area contributed by atoms with Crippen LogP contribution < -0.4 is 5.73 Å². The molecule has 0 radical (unpaired) electrons. The molecule has 0 saturated carbocycles. The predicted octanol–water partition coefficient (Wildman–Crippen LogP) is 0.678. The molecule has 0 amide bonds. The first-order valence-electron chi connectivity index (χ1n) is 4.32. The lowest BCUT2D eigenvalue weighted by atomic mass is 10.1. The van der Waals surface area contributed by atoms with Crippen molar-refractivity contribution in [1.29, 1.82) is 0 Å². The van der Waals surface area contributed by atoms with E-state index in [1.165, 1.54) is 24.3 Å². The molecule has 4 nitrogen and oxygen atoms in total. The van der Waals surface area contributed by atoms with Crippen molar-refractivity contribution in [3.05, 3.63) is 29.8 Å². The molecule has 0 unspecified atom stereocenters. The Bertz CT molecular complexity index is 477. The van der Waals surface area contributed by atoms with E-state index in [4.69, 9.17) is 10.8 Å². The lowest BCUT2D eigenvalue weighted by molar-refractivity contribution is 0.343. The molecule has 0 aliphatic carbocycles. The van der Waals surface area contributed by atoms with Crippen LogP contribution in [-0.2, 0) is 9.84 Å². The van der Waals surface area contributed by atoms with Crippen molar-refractivity contribution >= 4 is 21.6 Å². The zero-order valence-corrected chi connectivity index (χ0v) is 9.16. The van der Waals surface area contributed by atoms with Gasteiger partial charge in [0.25, 0.3) is 0 Å². The van der Waals surface area contributed by atoms with E-state index in [-0.39, 0.29) is 11.5 Å². The molecule has 1 aromatic carbocycles. The van der Waals surface area contributed by atoms with E-state index < -0.39 is 9.84 Å². The Kier molecular flexibility index (Phi) is 3.49. The van der Waals surface area contributed by atoms with Crippen LogP contribution in [0.3, 0.4) is 0 Å². The molecule has 0 fully saturated rings. The first kappa shape index (κ1) is 11.7. The maximum atomic E-state index is 11.3. The highest BCUT2D eigenvalue weighted by Gasteiger charge is 2.08. The number of nitrogen functional groups attached to an aromatic ring is 1. The van der Waals surface area contributed by atoms with Crippen molar-refractivity contribution in [1.82, 2.24) is 0 Å². The SMILES string of the molecule is CS(=O)(=O)c1ccc(N)c(/C=C\CO)c1. The molecule has 0 aromatic heterocycles. The summed E-state index contributed by atoms with van der Waals surface area (Å²) in [6.07, 6.45) is 4.22. The molecule has 3 N–H and O–H groups in total. The molecule has 15 heavy (non-hydrogen) atoms. The van der Waals surface area contributed by atoms with Gasteiger partial charge in [0.2, 0.25) is 0 Å². The third-order valence-electron chi connectivity index (χ3n) is 1.89. The van der Waals surface area contributed by atoms with Gasteiger partial charge in [-0.3, -0.25) is 0 Å². The Hall–Kier alpha value is -1.33. The summed E-state index contributed by atoms with van der Waals surface area (Å²) < 4.78 is 22.5. The van der Waals surface area contributed by atoms with Crippen LogP contribution in [0.25, 0.3) is 6.08 Å². The van der Waals surface area contributed by atoms with Crippen LogP contribution in [0.4, 0.5) is 5.69 Å². The first-order valence-corrected chi connectivity index (χ1v) is 6.21. The Balaban J connectivity index is 3.23. The maximum Gasteiger partial charge on any atom is 0.175 e. The van der Waals surface area contributed by atoms with Crippen molar-refractivity contribution in [3.63, 3.8) is 0 Å². The van der Waals surface area contributed by atoms with Gasteiger partial charge in [0.05, 0.1) is 11.5 Å². The number of nitrogens with two attached hydrogens (primary N) is 1. The fourth-order valence-corrected chi connectivity index (χ4v) is 1.76. The van der Waals surface area contributed by atoms with Crippen molar-refractivity contribution in [3.8, 4) is 0 Å². The number of sulfone groups is 1. The summed E-state index contributed by atoms with van der Waals surface area (Å²) in [7, 11) is -3.22. The minimum absolute atomic E-state index is 0.109. The Morgan fingerprint density at radius 1 is 1.47 bits per heavy atom. The zero-order valence-electron chi connectivity index (χ0n) is 8.34. The molecule has 82 valence electrons. The van der Waals surface area contributed by atoms with Gasteiger partial charge >= 0.3 is 0 Å². The minimum Gasteiger partial charge on any atom is -0.398 e. The summed E-state index contributed by atoms with van der Waals surface area (Å²) in [6.45, 7) is -0.109. The van der Waals surface area contributed by atoms with Crippen molar-refractivity contribution < 1.29 is 13.5 Å². The molecule has 1 aromatic rings. The lowest BCUT2D eigenvalue weighted by Crippen LogP contribution is -1.99. The highest BCUT2D eigenvalue weighted by molar-refractivity contribution is 7.90. The maximum absolute atomic E-state index is 11.3. The van der Waals surface area contributed by atoms with E-state index in [1.807, 2.05) is 0 Å². The second-order valence-corrected chi connectivity index (χ2v) is 5.16. The van der Waals surface area contributed by atoms with E-state index in [0.717, 1.165) is 6.26 Å². The fraction of sp³-hybridized carbons (Fsp3) is 0.200. The van der Waals surface area contributed by atoms with Gasteiger partial charge < -0.3 is 10.8 Å². The Morgan fingerprint density at radius 2 is 2.13 bits per heavy atom. The molecule has 5 heteroatoms. The van der Waals surface area contributed by atoms with Gasteiger partial charge in [-0.2, -0.15) is 0 Å². The molecule has 1 rings (SSSR count). The minimum atomic E-state index is -3.22. The molecule has 0 atom stereocenters. The number of rotatable bonds is 3. The molecule has 0 aliphatic rings. The van der Waals surface area contributed by atoms with Crippen LogP contribution in [0.1, 0.15) is 5.56 Å². The second kappa shape index (κ2) is 4.46. The average molecular weight is 227 g/mol. The van der Waals surface area contributed by atoms with Gasteiger partial charge in [-0.1, -0.05) is 12.2 Å². The number of hydrogen-bond donors (Lipinski definition) is 2. The zero-order chi connectivity index (χ0) is 11.5. The number of aliphatic hydroxyl groups is 1. The smallest absolute Gasteiger partial charge is 0.175 e. The van der Waals surface area contributed by atoms with Crippen LogP contribution >= 0.6 is 0 Å². The summed E-state index contributed by atoms with van der Waals surface area (Å²) in [5, 5.41) is 8.60. The monoisotopic (exact) mass is 227 g/mol. The number of anilines is 1.